The molecular weight excluding hydrogens is 269 g/mol. The van der Waals surface area contributed by atoms with Crippen LogP contribution in [0.15, 0.2) is 17.3 Å². The minimum absolute atomic E-state index is 0.0956. The van der Waals surface area contributed by atoms with Gasteiger partial charge in [-0.3, -0.25) is 4.90 Å². The number of fused-ring (bicyclic) bond motifs is 1. The second kappa shape index (κ2) is 5.24. The van der Waals surface area contributed by atoms with Gasteiger partial charge in [-0.2, -0.15) is 0 Å². The first kappa shape index (κ1) is 13.9. The van der Waals surface area contributed by atoms with E-state index in [0.717, 1.165) is 11.0 Å². The van der Waals surface area contributed by atoms with Crippen molar-refractivity contribution in [2.24, 2.45) is 10.9 Å². The smallest absolute Gasteiger partial charge is 0.407 e. The molecule has 7 nitrogen and oxygen atoms in total. The second-order valence-corrected chi connectivity index (χ2v) is 4.49. The highest BCUT2D eigenvalue weighted by atomic mass is 19.1. The number of carbonyl (C=O) groups is 1. The van der Waals surface area contributed by atoms with Crippen molar-refractivity contribution in [2.75, 3.05) is 6.61 Å². The van der Waals surface area contributed by atoms with Gasteiger partial charge < -0.3 is 20.8 Å². The Bertz CT molecular complexity index is 576. The van der Waals surface area contributed by atoms with Crippen molar-refractivity contribution in [3.8, 4) is 5.75 Å². The molecule has 1 aliphatic rings. The number of amides is 1. The maximum Gasteiger partial charge on any atom is 0.407 e. The largest absolute Gasteiger partial charge is 0.491 e. The molecule has 0 saturated carbocycles. The summed E-state index contributed by atoms with van der Waals surface area (Å²) in [6.07, 6.45) is -1.14. The third-order valence-corrected chi connectivity index (χ3v) is 3.14. The lowest BCUT2D eigenvalue weighted by atomic mass is 10.1. The molecule has 1 amide bonds. The quantitative estimate of drug-likeness (QED) is 0.310. The number of oxime groups is 1. The summed E-state index contributed by atoms with van der Waals surface area (Å²) in [4.78, 5) is 12.2. The lowest BCUT2D eigenvalue weighted by Gasteiger charge is -2.22. The normalized spacial score (nSPS) is 19.0. The number of nitrogens with zero attached hydrogens (tertiary/aromatic N) is 2. The maximum atomic E-state index is 14.1. The van der Waals surface area contributed by atoms with Crippen LogP contribution in [-0.4, -0.2) is 39.8 Å². The van der Waals surface area contributed by atoms with Gasteiger partial charge in [0.15, 0.2) is 5.84 Å². The highest BCUT2D eigenvalue weighted by Crippen LogP contribution is 2.29. The van der Waals surface area contributed by atoms with Crippen molar-refractivity contribution in [3.05, 3.63) is 29.1 Å². The van der Waals surface area contributed by atoms with E-state index >= 15 is 0 Å². The Labute approximate surface area is 114 Å². The molecule has 0 aliphatic carbocycles. The van der Waals surface area contributed by atoms with Gasteiger partial charge in [0.25, 0.3) is 0 Å². The lowest BCUT2D eigenvalue weighted by molar-refractivity contribution is 0.113. The van der Waals surface area contributed by atoms with E-state index in [2.05, 4.69) is 5.16 Å². The molecule has 0 bridgehead atoms. The minimum atomic E-state index is -1.14. The summed E-state index contributed by atoms with van der Waals surface area (Å²) in [6.45, 7) is 1.65. The van der Waals surface area contributed by atoms with Crippen molar-refractivity contribution in [3.63, 3.8) is 0 Å². The van der Waals surface area contributed by atoms with Gasteiger partial charge in [0.05, 0.1) is 12.6 Å². The zero-order chi connectivity index (χ0) is 14.9. The molecule has 0 saturated heterocycles. The van der Waals surface area contributed by atoms with Crippen LogP contribution in [-0.2, 0) is 6.54 Å². The van der Waals surface area contributed by atoms with Crippen molar-refractivity contribution in [1.82, 2.24) is 4.90 Å². The number of hydrogen-bond acceptors (Lipinski definition) is 4. The van der Waals surface area contributed by atoms with E-state index in [0.29, 0.717) is 0 Å². The van der Waals surface area contributed by atoms with E-state index in [1.54, 1.807) is 6.92 Å². The SMILES string of the molecule is CC1COc2cc(C(N)=NO)cc(F)c2CN1C(=O)O. The predicted octanol–water partition coefficient (Wildman–Crippen LogP) is 1.18. The van der Waals surface area contributed by atoms with Crippen molar-refractivity contribution in [2.45, 2.75) is 19.5 Å². The van der Waals surface area contributed by atoms with Crippen molar-refractivity contribution < 1.29 is 24.2 Å². The van der Waals surface area contributed by atoms with Gasteiger partial charge in [-0.1, -0.05) is 5.16 Å². The molecule has 4 N–H and O–H groups in total. The third-order valence-electron chi connectivity index (χ3n) is 3.14. The first-order valence-corrected chi connectivity index (χ1v) is 5.86. The summed E-state index contributed by atoms with van der Waals surface area (Å²) >= 11 is 0. The van der Waals surface area contributed by atoms with E-state index in [4.69, 9.17) is 20.8 Å². The van der Waals surface area contributed by atoms with Crippen LogP contribution < -0.4 is 10.5 Å². The summed E-state index contributed by atoms with van der Waals surface area (Å²) in [5, 5.41) is 20.5. The molecule has 0 fully saturated rings. The van der Waals surface area contributed by atoms with Crippen LogP contribution in [0, 0.1) is 5.82 Å². The van der Waals surface area contributed by atoms with Gasteiger partial charge in [0.2, 0.25) is 0 Å². The van der Waals surface area contributed by atoms with Crippen LogP contribution in [0.4, 0.5) is 9.18 Å². The van der Waals surface area contributed by atoms with E-state index < -0.39 is 18.0 Å². The summed E-state index contributed by atoms with van der Waals surface area (Å²) in [5.74, 6) is -0.714. The minimum Gasteiger partial charge on any atom is -0.491 e. The molecule has 8 heteroatoms. The Balaban J connectivity index is 2.47. The Morgan fingerprint density at radius 3 is 2.90 bits per heavy atom. The van der Waals surface area contributed by atoms with Crippen LogP contribution in [0.5, 0.6) is 5.75 Å². The Kier molecular flexibility index (Phi) is 3.64. The Morgan fingerprint density at radius 2 is 2.30 bits per heavy atom. The third kappa shape index (κ3) is 2.44. The fraction of sp³-hybridized carbons (Fsp3) is 0.333. The number of hydrogen-bond donors (Lipinski definition) is 3. The number of benzene rings is 1. The van der Waals surface area contributed by atoms with Crippen LogP contribution in [0.2, 0.25) is 0 Å². The van der Waals surface area contributed by atoms with Gasteiger partial charge in [0, 0.05) is 11.1 Å². The summed E-state index contributed by atoms with van der Waals surface area (Å²) < 4.78 is 19.5. The number of rotatable bonds is 1. The van der Waals surface area contributed by atoms with Gasteiger partial charge in [-0.25, -0.2) is 9.18 Å². The molecule has 1 aliphatic heterocycles. The first-order chi connectivity index (χ1) is 9.43. The summed E-state index contributed by atoms with van der Waals surface area (Å²) in [6, 6.07) is 2.09. The number of carboxylic acid groups (broad SMARTS) is 1. The van der Waals surface area contributed by atoms with Crippen LogP contribution in [0.3, 0.4) is 0 Å². The Hall–Kier alpha value is -2.51. The fourth-order valence-electron chi connectivity index (χ4n) is 1.98. The topological polar surface area (TPSA) is 108 Å². The predicted molar refractivity (Wildman–Crippen MR) is 67.4 cm³/mol. The van der Waals surface area contributed by atoms with E-state index in [1.807, 2.05) is 0 Å². The average molecular weight is 283 g/mol. The molecular formula is C12H14FN3O4. The van der Waals surface area contributed by atoms with E-state index in [-0.39, 0.29) is 35.9 Å². The highest BCUT2D eigenvalue weighted by Gasteiger charge is 2.27. The van der Waals surface area contributed by atoms with Crippen molar-refractivity contribution >= 4 is 11.9 Å². The second-order valence-electron chi connectivity index (χ2n) is 4.49. The maximum absolute atomic E-state index is 14.1. The molecule has 0 aromatic heterocycles. The molecule has 1 aromatic carbocycles. The average Bonchev–Trinajstić information content (AvgIpc) is 2.58. The number of nitrogens with two attached hydrogens (primary N) is 1. The zero-order valence-corrected chi connectivity index (χ0v) is 10.7. The fourth-order valence-corrected chi connectivity index (χ4v) is 1.98. The molecule has 0 radical (unpaired) electrons. The lowest BCUT2D eigenvalue weighted by Crippen LogP contribution is -2.38. The van der Waals surface area contributed by atoms with Gasteiger partial charge in [-0.05, 0) is 19.1 Å². The molecule has 0 spiro atoms. The van der Waals surface area contributed by atoms with Crippen molar-refractivity contribution in [1.29, 1.82) is 0 Å². The monoisotopic (exact) mass is 283 g/mol. The Morgan fingerprint density at radius 1 is 1.60 bits per heavy atom. The number of amidine groups is 1. The van der Waals surface area contributed by atoms with Gasteiger partial charge in [0.1, 0.15) is 18.2 Å². The molecule has 2 rings (SSSR count). The number of halogens is 1. The zero-order valence-electron chi connectivity index (χ0n) is 10.7. The first-order valence-electron chi connectivity index (χ1n) is 5.86. The van der Waals surface area contributed by atoms with Crippen LogP contribution in [0.1, 0.15) is 18.1 Å². The molecule has 20 heavy (non-hydrogen) atoms. The highest BCUT2D eigenvalue weighted by molar-refractivity contribution is 5.97. The summed E-state index contributed by atoms with van der Waals surface area (Å²) in [5.41, 5.74) is 5.71. The molecule has 1 heterocycles. The van der Waals surface area contributed by atoms with E-state index in [9.17, 15) is 9.18 Å². The van der Waals surface area contributed by atoms with Gasteiger partial charge >= 0.3 is 6.09 Å². The molecule has 1 atom stereocenters. The molecule has 1 unspecified atom stereocenters. The van der Waals surface area contributed by atoms with Crippen LogP contribution >= 0.6 is 0 Å². The molecule has 1 aromatic rings. The standard InChI is InChI=1S/C12H14FN3O4/c1-6-5-20-10-3-7(11(14)15-19)2-9(13)8(10)4-16(6)12(17)18/h2-3,6,19H,4-5H2,1H3,(H2,14,15)(H,17,18). The van der Waals surface area contributed by atoms with Gasteiger partial charge in [-0.15, -0.1) is 0 Å². The number of ether oxygens (including phenoxy) is 1. The molecule has 108 valence electrons. The summed E-state index contributed by atoms with van der Waals surface area (Å²) in [7, 11) is 0. The van der Waals surface area contributed by atoms with Crippen LogP contribution in [0.25, 0.3) is 0 Å². The van der Waals surface area contributed by atoms with E-state index in [1.165, 1.54) is 6.07 Å².